The topological polar surface area (TPSA) is 97.4 Å². The normalized spacial score (nSPS) is 10.9. The molecule has 9 heteroatoms. The number of hydrogen-bond donors (Lipinski definition) is 2. The van der Waals surface area contributed by atoms with E-state index in [4.69, 9.17) is 16.3 Å². The molecule has 1 heterocycles. The molecule has 3 rings (SSSR count). The molecule has 0 spiro atoms. The second-order valence-corrected chi connectivity index (χ2v) is 7.78. The molecule has 0 unspecified atom stereocenters. The molecule has 7 nitrogen and oxygen atoms in total. The number of halogens is 1. The third-order valence-corrected chi connectivity index (χ3v) is 5.19. The van der Waals surface area contributed by atoms with Gasteiger partial charge in [0.2, 0.25) is 0 Å². The number of carbonyl (C=O) groups is 1. The van der Waals surface area contributed by atoms with Crippen LogP contribution in [0.15, 0.2) is 78.0 Å². The Morgan fingerprint density at radius 1 is 1.00 bits per heavy atom. The average molecular weight is 418 g/mol. The van der Waals surface area contributed by atoms with Crippen LogP contribution in [0.2, 0.25) is 5.02 Å². The second-order valence-electron chi connectivity index (χ2n) is 5.66. The van der Waals surface area contributed by atoms with Gasteiger partial charge in [-0.1, -0.05) is 11.6 Å². The van der Waals surface area contributed by atoms with Crippen LogP contribution in [-0.2, 0) is 14.8 Å². The van der Waals surface area contributed by atoms with E-state index >= 15 is 0 Å². The summed E-state index contributed by atoms with van der Waals surface area (Å²) in [7, 11) is -3.75. The molecule has 28 heavy (non-hydrogen) atoms. The first kappa shape index (κ1) is 19.7. The summed E-state index contributed by atoms with van der Waals surface area (Å²) in [6.07, 6.45) is 2.96. The summed E-state index contributed by atoms with van der Waals surface area (Å²) in [6.45, 7) is -0.190. The number of aromatic nitrogens is 1. The van der Waals surface area contributed by atoms with E-state index < -0.39 is 10.0 Å². The maximum Gasteiger partial charge on any atom is 0.262 e. The Morgan fingerprint density at radius 3 is 2.36 bits per heavy atom. The summed E-state index contributed by atoms with van der Waals surface area (Å²) in [5.74, 6) is 0.140. The van der Waals surface area contributed by atoms with E-state index in [0.29, 0.717) is 22.1 Å². The van der Waals surface area contributed by atoms with E-state index in [9.17, 15) is 13.2 Å². The van der Waals surface area contributed by atoms with Crippen molar-refractivity contribution >= 4 is 38.9 Å². The standard InChI is InChI=1S/C19H16ClN3O4S/c20-14-3-7-17(8-4-14)27-13-19(24)22-15-5-9-18(10-6-15)28(25,26)23-16-2-1-11-21-12-16/h1-12,23H,13H2,(H,22,24). The average Bonchev–Trinajstić information content (AvgIpc) is 2.68. The minimum Gasteiger partial charge on any atom is -0.484 e. The quantitative estimate of drug-likeness (QED) is 0.612. The number of anilines is 2. The van der Waals surface area contributed by atoms with Crippen molar-refractivity contribution < 1.29 is 17.9 Å². The van der Waals surface area contributed by atoms with E-state index in [1.165, 1.54) is 30.5 Å². The van der Waals surface area contributed by atoms with E-state index in [1.54, 1.807) is 42.6 Å². The molecule has 0 saturated carbocycles. The van der Waals surface area contributed by atoms with Crippen molar-refractivity contribution in [3.63, 3.8) is 0 Å². The third kappa shape index (κ3) is 5.45. The Morgan fingerprint density at radius 2 is 1.71 bits per heavy atom. The van der Waals surface area contributed by atoms with E-state index in [0.717, 1.165) is 0 Å². The van der Waals surface area contributed by atoms with Gasteiger partial charge < -0.3 is 10.1 Å². The minimum absolute atomic E-state index is 0.0618. The van der Waals surface area contributed by atoms with Crippen molar-refractivity contribution in [2.24, 2.45) is 0 Å². The van der Waals surface area contributed by atoms with Crippen molar-refractivity contribution in [1.82, 2.24) is 4.98 Å². The lowest BCUT2D eigenvalue weighted by atomic mass is 10.3. The molecule has 0 aliphatic carbocycles. The number of hydrogen-bond acceptors (Lipinski definition) is 5. The van der Waals surface area contributed by atoms with Crippen LogP contribution in [0.5, 0.6) is 5.75 Å². The zero-order chi connectivity index (χ0) is 20.0. The van der Waals surface area contributed by atoms with Gasteiger partial charge in [0.25, 0.3) is 15.9 Å². The van der Waals surface area contributed by atoms with Gasteiger partial charge in [0.05, 0.1) is 16.8 Å². The van der Waals surface area contributed by atoms with Gasteiger partial charge in [0, 0.05) is 16.9 Å². The summed E-state index contributed by atoms with van der Waals surface area (Å²) >= 11 is 5.79. The van der Waals surface area contributed by atoms with Gasteiger partial charge in [-0.15, -0.1) is 0 Å². The number of nitrogens with one attached hydrogen (secondary N) is 2. The van der Waals surface area contributed by atoms with Crippen LogP contribution in [-0.4, -0.2) is 25.9 Å². The summed E-state index contributed by atoms with van der Waals surface area (Å²) in [5.41, 5.74) is 0.810. The predicted molar refractivity (Wildman–Crippen MR) is 107 cm³/mol. The van der Waals surface area contributed by atoms with Crippen molar-refractivity contribution in [2.75, 3.05) is 16.6 Å². The summed E-state index contributed by atoms with van der Waals surface area (Å²) in [5, 5.41) is 3.21. The Labute approximate surface area is 167 Å². The molecule has 3 aromatic rings. The Balaban J connectivity index is 1.57. The molecule has 0 saturated heterocycles. The first-order valence-electron chi connectivity index (χ1n) is 8.13. The van der Waals surface area contributed by atoms with Crippen LogP contribution >= 0.6 is 11.6 Å². The molecule has 0 aliphatic heterocycles. The first-order chi connectivity index (χ1) is 13.4. The molecule has 0 aliphatic rings. The van der Waals surface area contributed by atoms with Gasteiger partial charge in [-0.3, -0.25) is 14.5 Å². The first-order valence-corrected chi connectivity index (χ1v) is 10.00. The monoisotopic (exact) mass is 417 g/mol. The highest BCUT2D eigenvalue weighted by Gasteiger charge is 2.14. The van der Waals surface area contributed by atoms with Gasteiger partial charge in [-0.25, -0.2) is 8.42 Å². The van der Waals surface area contributed by atoms with Crippen molar-refractivity contribution in [3.8, 4) is 5.75 Å². The summed E-state index contributed by atoms with van der Waals surface area (Å²) in [4.78, 5) is 15.9. The Kier molecular flexibility index (Phi) is 6.13. The van der Waals surface area contributed by atoms with Crippen molar-refractivity contribution in [3.05, 3.63) is 78.1 Å². The summed E-state index contributed by atoms with van der Waals surface area (Å²) < 4.78 is 32.5. The molecule has 2 N–H and O–H groups in total. The highest BCUT2D eigenvalue weighted by Crippen LogP contribution is 2.18. The highest BCUT2D eigenvalue weighted by atomic mass is 35.5. The van der Waals surface area contributed by atoms with Gasteiger partial charge >= 0.3 is 0 Å². The predicted octanol–water partition coefficient (Wildman–Crippen LogP) is 3.55. The maximum absolute atomic E-state index is 12.4. The third-order valence-electron chi connectivity index (χ3n) is 3.55. The molecule has 0 radical (unpaired) electrons. The molecule has 144 valence electrons. The second kappa shape index (κ2) is 8.73. The van der Waals surface area contributed by atoms with Crippen LogP contribution in [0.4, 0.5) is 11.4 Å². The number of benzene rings is 2. The lowest BCUT2D eigenvalue weighted by molar-refractivity contribution is -0.118. The SMILES string of the molecule is O=C(COc1ccc(Cl)cc1)Nc1ccc(S(=O)(=O)Nc2cccnc2)cc1. The van der Waals surface area contributed by atoms with Crippen LogP contribution in [0.1, 0.15) is 0 Å². The Bertz CT molecular complexity index is 1040. The van der Waals surface area contributed by atoms with Crippen LogP contribution in [0.25, 0.3) is 0 Å². The van der Waals surface area contributed by atoms with E-state index in [1.807, 2.05) is 0 Å². The van der Waals surface area contributed by atoms with Crippen molar-refractivity contribution in [1.29, 1.82) is 0 Å². The fraction of sp³-hybridized carbons (Fsp3) is 0.0526. The maximum atomic E-state index is 12.4. The lowest BCUT2D eigenvalue weighted by Gasteiger charge is -2.10. The van der Waals surface area contributed by atoms with Gasteiger partial charge in [-0.05, 0) is 60.7 Å². The fourth-order valence-electron chi connectivity index (χ4n) is 2.23. The van der Waals surface area contributed by atoms with Crippen LogP contribution in [0, 0.1) is 0 Å². The number of sulfonamides is 1. The molecule has 1 aromatic heterocycles. The molecular weight excluding hydrogens is 402 g/mol. The molecule has 0 fully saturated rings. The molecule has 2 aromatic carbocycles. The van der Waals surface area contributed by atoms with Crippen molar-refractivity contribution in [2.45, 2.75) is 4.90 Å². The molecular formula is C19H16ClN3O4S. The number of pyridine rings is 1. The zero-order valence-electron chi connectivity index (χ0n) is 14.5. The molecule has 0 atom stereocenters. The number of nitrogens with zero attached hydrogens (tertiary/aromatic N) is 1. The lowest BCUT2D eigenvalue weighted by Crippen LogP contribution is -2.20. The van der Waals surface area contributed by atoms with Gasteiger partial charge in [-0.2, -0.15) is 0 Å². The highest BCUT2D eigenvalue weighted by molar-refractivity contribution is 7.92. The zero-order valence-corrected chi connectivity index (χ0v) is 16.1. The number of carbonyl (C=O) groups excluding carboxylic acids is 1. The van der Waals surface area contributed by atoms with E-state index in [-0.39, 0.29) is 17.4 Å². The number of rotatable bonds is 7. The van der Waals surface area contributed by atoms with Gasteiger partial charge in [0.1, 0.15) is 5.75 Å². The van der Waals surface area contributed by atoms with Crippen LogP contribution in [0.3, 0.4) is 0 Å². The smallest absolute Gasteiger partial charge is 0.262 e. The Hall–Kier alpha value is -3.10. The fourth-order valence-corrected chi connectivity index (χ4v) is 3.40. The minimum atomic E-state index is -3.75. The number of amides is 1. The largest absolute Gasteiger partial charge is 0.484 e. The molecule has 1 amide bonds. The number of ether oxygens (including phenoxy) is 1. The van der Waals surface area contributed by atoms with Crippen LogP contribution < -0.4 is 14.8 Å². The van der Waals surface area contributed by atoms with Gasteiger partial charge in [0.15, 0.2) is 6.61 Å². The van der Waals surface area contributed by atoms with E-state index in [2.05, 4.69) is 15.0 Å². The molecule has 0 bridgehead atoms. The summed E-state index contributed by atoms with van der Waals surface area (Å²) in [6, 6.07) is 15.6.